The molecule has 0 atom stereocenters. The van der Waals surface area contributed by atoms with E-state index < -0.39 is 5.54 Å². The lowest BCUT2D eigenvalue weighted by Gasteiger charge is -2.34. The Morgan fingerprint density at radius 1 is 1.33 bits per heavy atom. The Balaban J connectivity index is 1.66. The average Bonchev–Trinajstić information content (AvgIpc) is 2.80. The normalized spacial score (nSPS) is 32.8. The van der Waals surface area contributed by atoms with Gasteiger partial charge in [0.05, 0.1) is 0 Å². The predicted molar refractivity (Wildman–Crippen MR) is 88.0 cm³/mol. The van der Waals surface area contributed by atoms with Gasteiger partial charge in [-0.1, -0.05) is 38.3 Å². The van der Waals surface area contributed by atoms with Crippen LogP contribution in [-0.4, -0.2) is 34.7 Å². The lowest BCUT2D eigenvalue weighted by Crippen LogP contribution is -2.47. The van der Waals surface area contributed by atoms with Crippen molar-refractivity contribution in [3.63, 3.8) is 0 Å². The van der Waals surface area contributed by atoms with Gasteiger partial charge >= 0.3 is 0 Å². The topological polar surface area (TPSA) is 44.7 Å². The van der Waals surface area contributed by atoms with E-state index in [9.17, 15) is 4.79 Å². The fraction of sp³-hybridized carbons (Fsp3) is 0.750. The van der Waals surface area contributed by atoms with Gasteiger partial charge in [0.2, 0.25) is 0 Å². The van der Waals surface area contributed by atoms with Gasteiger partial charge < -0.3 is 5.32 Å². The number of amidine groups is 1. The van der Waals surface area contributed by atoms with Gasteiger partial charge in [-0.2, -0.15) is 0 Å². The van der Waals surface area contributed by atoms with E-state index in [4.69, 9.17) is 4.99 Å². The SMILES string of the molecule is C=CSN1CCC2(CC1)N=C(C1CCC(C)CC1)NC2=O. The highest BCUT2D eigenvalue weighted by molar-refractivity contribution is 7.99. The molecule has 21 heavy (non-hydrogen) atoms. The van der Waals surface area contributed by atoms with E-state index in [1.54, 1.807) is 11.9 Å². The number of amides is 1. The molecular formula is C16H25N3OS. The number of carbonyl (C=O) groups excluding carboxylic acids is 1. The van der Waals surface area contributed by atoms with Crippen molar-refractivity contribution >= 4 is 23.7 Å². The highest BCUT2D eigenvalue weighted by Crippen LogP contribution is 2.36. The van der Waals surface area contributed by atoms with E-state index in [2.05, 4.69) is 23.1 Å². The second-order valence-corrected chi connectivity index (χ2v) is 7.70. The number of rotatable bonds is 3. The van der Waals surface area contributed by atoms with Crippen LogP contribution in [0.15, 0.2) is 17.0 Å². The molecule has 0 unspecified atom stereocenters. The van der Waals surface area contributed by atoms with Gasteiger partial charge in [-0.3, -0.25) is 9.79 Å². The summed E-state index contributed by atoms with van der Waals surface area (Å²) in [5, 5.41) is 4.96. The predicted octanol–water partition coefficient (Wildman–Crippen LogP) is 2.97. The summed E-state index contributed by atoms with van der Waals surface area (Å²) >= 11 is 1.64. The molecular weight excluding hydrogens is 282 g/mol. The number of piperidine rings is 1. The molecule has 116 valence electrons. The van der Waals surface area contributed by atoms with Crippen molar-refractivity contribution < 1.29 is 4.79 Å². The van der Waals surface area contributed by atoms with Gasteiger partial charge in [-0.25, -0.2) is 4.31 Å². The molecule has 2 aliphatic heterocycles. The molecule has 5 heteroatoms. The molecule has 1 aliphatic carbocycles. The number of aliphatic imine (C=N–C) groups is 1. The Morgan fingerprint density at radius 3 is 2.62 bits per heavy atom. The maximum atomic E-state index is 12.5. The van der Waals surface area contributed by atoms with Crippen LogP contribution in [-0.2, 0) is 4.79 Å². The van der Waals surface area contributed by atoms with Crippen LogP contribution in [0.25, 0.3) is 0 Å². The van der Waals surface area contributed by atoms with Crippen molar-refractivity contribution in [3.05, 3.63) is 12.0 Å². The quantitative estimate of drug-likeness (QED) is 0.815. The minimum atomic E-state index is -0.476. The Hall–Kier alpha value is -0.810. The minimum absolute atomic E-state index is 0.138. The smallest absolute Gasteiger partial charge is 0.253 e. The van der Waals surface area contributed by atoms with Crippen LogP contribution < -0.4 is 5.32 Å². The van der Waals surface area contributed by atoms with Crippen molar-refractivity contribution in [3.8, 4) is 0 Å². The van der Waals surface area contributed by atoms with Gasteiger partial charge in [0, 0.05) is 19.0 Å². The lowest BCUT2D eigenvalue weighted by molar-refractivity contribution is -0.124. The maximum absolute atomic E-state index is 12.5. The molecule has 0 bridgehead atoms. The Morgan fingerprint density at radius 2 is 2.00 bits per heavy atom. The number of nitrogens with zero attached hydrogens (tertiary/aromatic N) is 2. The third-order valence-electron chi connectivity index (χ3n) is 5.17. The molecule has 0 aromatic rings. The van der Waals surface area contributed by atoms with E-state index in [0.29, 0.717) is 5.92 Å². The second kappa shape index (κ2) is 6.13. The fourth-order valence-corrected chi connectivity index (χ4v) is 4.28. The van der Waals surface area contributed by atoms with Gasteiger partial charge in [0.15, 0.2) is 0 Å². The third-order valence-corrected chi connectivity index (χ3v) is 5.99. The summed E-state index contributed by atoms with van der Waals surface area (Å²) in [6, 6.07) is 0. The molecule has 2 heterocycles. The summed E-state index contributed by atoms with van der Waals surface area (Å²) in [5.74, 6) is 2.42. The molecule has 0 radical (unpaired) electrons. The van der Waals surface area contributed by atoms with Crippen molar-refractivity contribution in [2.75, 3.05) is 13.1 Å². The van der Waals surface area contributed by atoms with Gasteiger partial charge in [0.25, 0.3) is 5.91 Å². The summed E-state index contributed by atoms with van der Waals surface area (Å²) in [6.45, 7) is 7.88. The summed E-state index contributed by atoms with van der Waals surface area (Å²) in [6.07, 6.45) is 6.52. The van der Waals surface area contributed by atoms with Crippen molar-refractivity contribution in [1.82, 2.24) is 9.62 Å². The number of hydrogen-bond donors (Lipinski definition) is 1. The maximum Gasteiger partial charge on any atom is 0.253 e. The Labute approximate surface area is 131 Å². The zero-order valence-electron chi connectivity index (χ0n) is 12.8. The number of carbonyl (C=O) groups is 1. The van der Waals surface area contributed by atoms with E-state index in [-0.39, 0.29) is 5.91 Å². The molecule has 0 aromatic heterocycles. The first-order valence-corrected chi connectivity index (χ1v) is 8.90. The van der Waals surface area contributed by atoms with Crippen LogP contribution in [0, 0.1) is 11.8 Å². The largest absolute Gasteiger partial charge is 0.312 e. The van der Waals surface area contributed by atoms with E-state index >= 15 is 0 Å². The average molecular weight is 307 g/mol. The fourth-order valence-electron chi connectivity index (χ4n) is 3.67. The molecule has 3 aliphatic rings. The molecule has 3 rings (SSSR count). The first kappa shape index (κ1) is 15.1. The third kappa shape index (κ3) is 3.04. The Bertz CT molecular complexity index is 446. The summed E-state index contributed by atoms with van der Waals surface area (Å²) in [5.41, 5.74) is -0.476. The highest BCUT2D eigenvalue weighted by Gasteiger charge is 2.46. The highest BCUT2D eigenvalue weighted by atomic mass is 32.2. The van der Waals surface area contributed by atoms with Gasteiger partial charge in [-0.15, -0.1) is 0 Å². The first-order chi connectivity index (χ1) is 10.1. The van der Waals surface area contributed by atoms with Crippen molar-refractivity contribution in [1.29, 1.82) is 0 Å². The first-order valence-electron chi connectivity index (χ1n) is 8.07. The monoisotopic (exact) mass is 307 g/mol. The van der Waals surface area contributed by atoms with E-state index in [0.717, 1.165) is 37.7 Å². The van der Waals surface area contributed by atoms with E-state index in [1.807, 2.05) is 5.41 Å². The molecule has 1 saturated heterocycles. The van der Waals surface area contributed by atoms with Crippen molar-refractivity contribution in [2.24, 2.45) is 16.8 Å². The Kier molecular flexibility index (Phi) is 4.41. The van der Waals surface area contributed by atoms with Crippen LogP contribution in [0.5, 0.6) is 0 Å². The molecule has 2 fully saturated rings. The molecule has 1 spiro atoms. The number of nitrogens with one attached hydrogen (secondary N) is 1. The summed E-state index contributed by atoms with van der Waals surface area (Å²) < 4.78 is 2.27. The van der Waals surface area contributed by atoms with E-state index in [1.165, 1.54) is 25.7 Å². The van der Waals surface area contributed by atoms with Crippen LogP contribution >= 0.6 is 11.9 Å². The number of hydrogen-bond acceptors (Lipinski definition) is 4. The summed E-state index contributed by atoms with van der Waals surface area (Å²) in [7, 11) is 0. The minimum Gasteiger partial charge on any atom is -0.312 e. The van der Waals surface area contributed by atoms with Crippen LogP contribution in [0.1, 0.15) is 45.4 Å². The molecule has 4 nitrogen and oxygen atoms in total. The molecule has 1 N–H and O–H groups in total. The zero-order chi connectivity index (χ0) is 14.9. The molecule has 0 aromatic carbocycles. The summed E-state index contributed by atoms with van der Waals surface area (Å²) in [4.78, 5) is 17.4. The second-order valence-electron chi connectivity index (χ2n) is 6.64. The molecule has 1 amide bonds. The van der Waals surface area contributed by atoms with Crippen molar-refractivity contribution in [2.45, 2.75) is 51.0 Å². The van der Waals surface area contributed by atoms with Crippen LogP contribution in [0.4, 0.5) is 0 Å². The standard InChI is InChI=1S/C16H25N3OS/c1-3-21-19-10-8-16(9-11-19)15(20)17-14(18-16)13-6-4-12(2)5-7-13/h3,12-13H,1,4-11H2,2H3,(H,17,18,20). The van der Waals surface area contributed by atoms with Crippen LogP contribution in [0.2, 0.25) is 0 Å². The van der Waals surface area contributed by atoms with Gasteiger partial charge in [0.1, 0.15) is 11.4 Å². The molecule has 1 saturated carbocycles. The van der Waals surface area contributed by atoms with Crippen LogP contribution in [0.3, 0.4) is 0 Å². The lowest BCUT2D eigenvalue weighted by atomic mass is 9.82. The zero-order valence-corrected chi connectivity index (χ0v) is 13.6. The van der Waals surface area contributed by atoms with Gasteiger partial charge in [-0.05, 0) is 37.0 Å².